The van der Waals surface area contributed by atoms with Gasteiger partial charge in [-0.1, -0.05) is 6.07 Å². The Labute approximate surface area is 167 Å². The molecule has 1 aromatic carbocycles. The summed E-state index contributed by atoms with van der Waals surface area (Å²) in [4.78, 5) is 6.90. The highest BCUT2D eigenvalue weighted by Crippen LogP contribution is 2.32. The molecule has 4 rings (SSSR count). The van der Waals surface area contributed by atoms with Crippen molar-refractivity contribution in [3.8, 4) is 0 Å². The van der Waals surface area contributed by atoms with E-state index in [0.29, 0.717) is 52.9 Å². The summed E-state index contributed by atoms with van der Waals surface area (Å²) in [6.45, 7) is 3.29. The standard InChI is InChI=1S/C21H25F2N5O/c1-12(24)20-18(21(25)27-8-13-2-3-14(22)6-19(13)23)7-17(9-26-20)28-15-4-5-16(28)11-29-10-15/h2-3,6-7,9,15-16,27H,4-5,8,10-11,24-25H2,1H3/b20-12+,21-18+. The van der Waals surface area contributed by atoms with Crippen LogP contribution in [-0.4, -0.2) is 30.3 Å². The zero-order valence-electron chi connectivity index (χ0n) is 16.3. The van der Waals surface area contributed by atoms with Crippen molar-refractivity contribution < 1.29 is 13.5 Å². The van der Waals surface area contributed by atoms with Crippen LogP contribution in [0.2, 0.25) is 0 Å². The predicted molar refractivity (Wildman–Crippen MR) is 108 cm³/mol. The van der Waals surface area contributed by atoms with Crippen molar-refractivity contribution in [2.24, 2.45) is 11.5 Å². The Morgan fingerprint density at radius 2 is 1.93 bits per heavy atom. The quantitative estimate of drug-likeness (QED) is 0.696. The van der Waals surface area contributed by atoms with E-state index in [0.717, 1.165) is 24.6 Å². The molecule has 2 aliphatic rings. The van der Waals surface area contributed by atoms with Crippen LogP contribution in [0.1, 0.15) is 25.3 Å². The average molecular weight is 401 g/mol. The molecule has 1 aromatic heterocycles. The smallest absolute Gasteiger partial charge is 0.131 e. The van der Waals surface area contributed by atoms with Gasteiger partial charge < -0.3 is 26.4 Å². The monoisotopic (exact) mass is 401 g/mol. The number of anilines is 1. The van der Waals surface area contributed by atoms with Crippen LogP contribution in [0.4, 0.5) is 14.5 Å². The molecular formula is C21H25F2N5O. The SMILES string of the molecule is C/C(N)=c1\ncc(N2C3CCC2COC3)c\c1=C(\N)NCc1ccc(F)cc1F. The summed E-state index contributed by atoms with van der Waals surface area (Å²) < 4.78 is 32.7. The number of hydrogen-bond donors (Lipinski definition) is 3. The van der Waals surface area contributed by atoms with Crippen LogP contribution in [0.25, 0.3) is 11.5 Å². The number of nitrogens with zero attached hydrogens (tertiary/aromatic N) is 2. The Morgan fingerprint density at radius 3 is 2.59 bits per heavy atom. The number of nitrogens with two attached hydrogens (primary N) is 2. The highest BCUT2D eigenvalue weighted by molar-refractivity contribution is 5.53. The lowest BCUT2D eigenvalue weighted by molar-refractivity contribution is 0.0906. The third-order valence-corrected chi connectivity index (χ3v) is 5.56. The van der Waals surface area contributed by atoms with Crippen LogP contribution in [-0.2, 0) is 11.3 Å². The van der Waals surface area contributed by atoms with Crippen molar-refractivity contribution in [3.63, 3.8) is 0 Å². The fraction of sp³-hybridized carbons (Fsp3) is 0.381. The van der Waals surface area contributed by atoms with Gasteiger partial charge in [-0.05, 0) is 31.9 Å². The van der Waals surface area contributed by atoms with Crippen LogP contribution >= 0.6 is 0 Å². The maximum Gasteiger partial charge on any atom is 0.131 e. The molecule has 2 aromatic rings. The van der Waals surface area contributed by atoms with Gasteiger partial charge in [-0.15, -0.1) is 0 Å². The first-order valence-electron chi connectivity index (χ1n) is 9.70. The highest BCUT2D eigenvalue weighted by Gasteiger charge is 2.37. The molecule has 5 N–H and O–H groups in total. The van der Waals surface area contributed by atoms with Crippen LogP contribution in [0, 0.1) is 11.6 Å². The summed E-state index contributed by atoms with van der Waals surface area (Å²) in [5, 5.41) is 4.26. The second-order valence-corrected chi connectivity index (χ2v) is 7.61. The van der Waals surface area contributed by atoms with Crippen molar-refractivity contribution in [2.45, 2.75) is 38.4 Å². The van der Waals surface area contributed by atoms with E-state index in [1.165, 1.54) is 12.1 Å². The first kappa shape index (κ1) is 19.4. The van der Waals surface area contributed by atoms with Crippen molar-refractivity contribution in [3.05, 3.63) is 58.2 Å². The Bertz CT molecular complexity index is 1020. The highest BCUT2D eigenvalue weighted by atomic mass is 19.1. The predicted octanol–water partition coefficient (Wildman–Crippen LogP) is 0.628. The van der Waals surface area contributed by atoms with E-state index in [2.05, 4.69) is 15.2 Å². The lowest BCUT2D eigenvalue weighted by atomic mass is 10.2. The fourth-order valence-corrected chi connectivity index (χ4v) is 4.12. The fourth-order valence-electron chi connectivity index (χ4n) is 4.12. The molecule has 2 bridgehead atoms. The van der Waals surface area contributed by atoms with Crippen molar-refractivity contribution in [1.82, 2.24) is 10.3 Å². The van der Waals surface area contributed by atoms with E-state index in [9.17, 15) is 8.78 Å². The van der Waals surface area contributed by atoms with Gasteiger partial charge in [0.15, 0.2) is 0 Å². The molecule has 0 amide bonds. The molecule has 2 fully saturated rings. The second kappa shape index (κ2) is 7.87. The Morgan fingerprint density at radius 1 is 1.21 bits per heavy atom. The summed E-state index contributed by atoms with van der Waals surface area (Å²) >= 11 is 0. The van der Waals surface area contributed by atoms with E-state index in [1.807, 2.05) is 12.3 Å². The molecule has 3 heterocycles. The van der Waals surface area contributed by atoms with E-state index < -0.39 is 11.6 Å². The van der Waals surface area contributed by atoms with Gasteiger partial charge >= 0.3 is 0 Å². The molecule has 8 heteroatoms. The average Bonchev–Trinajstić information content (AvgIpc) is 2.95. The largest absolute Gasteiger partial charge is 0.401 e. The topological polar surface area (TPSA) is 89.4 Å². The van der Waals surface area contributed by atoms with Crippen molar-refractivity contribution in [1.29, 1.82) is 0 Å². The minimum atomic E-state index is -0.621. The van der Waals surface area contributed by atoms with E-state index in [4.69, 9.17) is 16.2 Å². The summed E-state index contributed by atoms with van der Waals surface area (Å²) in [7, 11) is 0. The lowest BCUT2D eigenvalue weighted by Crippen LogP contribution is -2.47. The molecule has 2 saturated heterocycles. The van der Waals surface area contributed by atoms with Gasteiger partial charge in [0, 0.05) is 29.1 Å². The molecule has 29 heavy (non-hydrogen) atoms. The van der Waals surface area contributed by atoms with Crippen molar-refractivity contribution >= 4 is 17.2 Å². The van der Waals surface area contributed by atoms with Gasteiger partial charge in [-0.2, -0.15) is 0 Å². The first-order valence-corrected chi connectivity index (χ1v) is 9.70. The minimum absolute atomic E-state index is 0.119. The van der Waals surface area contributed by atoms with Gasteiger partial charge in [-0.3, -0.25) is 4.98 Å². The van der Waals surface area contributed by atoms with Gasteiger partial charge in [0.05, 0.1) is 42.5 Å². The molecule has 0 aliphatic carbocycles. The van der Waals surface area contributed by atoms with Gasteiger partial charge in [0.1, 0.15) is 17.5 Å². The van der Waals surface area contributed by atoms with Crippen LogP contribution < -0.4 is 32.3 Å². The number of ether oxygens (including phenoxy) is 1. The molecule has 0 radical (unpaired) electrons. The third-order valence-electron chi connectivity index (χ3n) is 5.56. The van der Waals surface area contributed by atoms with Gasteiger partial charge in [0.2, 0.25) is 0 Å². The molecule has 0 saturated carbocycles. The normalized spacial score (nSPS) is 23.1. The maximum absolute atomic E-state index is 13.9. The van der Waals surface area contributed by atoms with Crippen LogP contribution in [0.3, 0.4) is 0 Å². The molecule has 2 unspecified atom stereocenters. The van der Waals surface area contributed by atoms with Gasteiger partial charge in [0.25, 0.3) is 0 Å². The Hall–Kier alpha value is -2.87. The second-order valence-electron chi connectivity index (χ2n) is 7.61. The van der Waals surface area contributed by atoms with E-state index in [-0.39, 0.29) is 6.54 Å². The van der Waals surface area contributed by atoms with Crippen LogP contribution in [0.5, 0.6) is 0 Å². The van der Waals surface area contributed by atoms with Gasteiger partial charge in [-0.25, -0.2) is 8.78 Å². The number of fused-ring (bicyclic) bond motifs is 2. The number of pyridine rings is 1. The summed E-state index contributed by atoms with van der Waals surface area (Å²) in [6.07, 6.45) is 3.99. The zero-order valence-corrected chi connectivity index (χ0v) is 16.3. The molecule has 2 atom stereocenters. The molecule has 0 spiro atoms. The number of rotatable bonds is 4. The van der Waals surface area contributed by atoms with Crippen LogP contribution in [0.15, 0.2) is 30.5 Å². The summed E-state index contributed by atoms with van der Waals surface area (Å²) in [5.74, 6) is -0.900. The number of benzene rings is 1. The van der Waals surface area contributed by atoms with E-state index >= 15 is 0 Å². The Kier molecular flexibility index (Phi) is 5.27. The maximum atomic E-state index is 13.9. The van der Waals surface area contributed by atoms with Crippen molar-refractivity contribution in [2.75, 3.05) is 18.1 Å². The number of hydrogen-bond acceptors (Lipinski definition) is 6. The molecule has 6 nitrogen and oxygen atoms in total. The lowest BCUT2D eigenvalue weighted by Gasteiger charge is -2.36. The number of halogens is 2. The number of morpholine rings is 1. The summed E-state index contributed by atoms with van der Waals surface area (Å²) in [6, 6.07) is 6.10. The molecular weight excluding hydrogens is 376 g/mol. The third kappa shape index (κ3) is 3.85. The number of nitrogens with one attached hydrogen (secondary N) is 1. The first-order chi connectivity index (χ1) is 13.9. The zero-order chi connectivity index (χ0) is 20.5. The minimum Gasteiger partial charge on any atom is -0.401 e. The molecule has 2 aliphatic heterocycles. The summed E-state index contributed by atoms with van der Waals surface area (Å²) in [5.41, 5.74) is 14.1. The molecule has 154 valence electrons. The Balaban J connectivity index is 1.69. The van der Waals surface area contributed by atoms with E-state index in [1.54, 1.807) is 6.92 Å². The number of aromatic nitrogens is 1.